The van der Waals surface area contributed by atoms with Crippen molar-refractivity contribution in [2.24, 2.45) is 0 Å². The van der Waals surface area contributed by atoms with Gasteiger partial charge in [-0.3, -0.25) is 0 Å². The van der Waals surface area contributed by atoms with Gasteiger partial charge in [-0.05, 0) is 44.2 Å². The van der Waals surface area contributed by atoms with Gasteiger partial charge in [0.15, 0.2) is 0 Å². The summed E-state index contributed by atoms with van der Waals surface area (Å²) in [6.07, 6.45) is -0.253. The number of rotatable bonds is 4. The molecule has 0 N–H and O–H groups in total. The molecule has 5 heteroatoms. The molecule has 0 aliphatic carbocycles. The Hall–Kier alpha value is -2.69. The summed E-state index contributed by atoms with van der Waals surface area (Å²) in [7, 11) is 0. The Balaban J connectivity index is 2.15. The molecule has 0 spiro atoms. The van der Waals surface area contributed by atoms with Gasteiger partial charge in [0.1, 0.15) is 11.6 Å². The standard InChI is InChI=1S/C17H15FO4/c1-11(2)21-16(19)12-6-5-7-13(10-12)22-17(20)14-8-3-4-9-15(14)18/h3-11H,1-2H3. The van der Waals surface area contributed by atoms with Crippen LogP contribution in [0, 0.1) is 5.82 Å². The number of carbonyl (C=O) groups excluding carboxylic acids is 2. The van der Waals surface area contributed by atoms with Crippen LogP contribution in [0.3, 0.4) is 0 Å². The lowest BCUT2D eigenvalue weighted by molar-refractivity contribution is 0.0376. The molecule has 2 aromatic rings. The van der Waals surface area contributed by atoms with Crippen molar-refractivity contribution in [3.05, 3.63) is 65.5 Å². The number of ether oxygens (including phenoxy) is 2. The summed E-state index contributed by atoms with van der Waals surface area (Å²) >= 11 is 0. The minimum absolute atomic E-state index is 0.145. The number of halogens is 1. The van der Waals surface area contributed by atoms with Crippen molar-refractivity contribution >= 4 is 11.9 Å². The van der Waals surface area contributed by atoms with Crippen molar-refractivity contribution in [2.45, 2.75) is 20.0 Å². The van der Waals surface area contributed by atoms with E-state index in [1.165, 1.54) is 36.4 Å². The second-order valence-electron chi connectivity index (χ2n) is 4.85. The molecule has 0 heterocycles. The van der Waals surface area contributed by atoms with Gasteiger partial charge in [-0.1, -0.05) is 18.2 Å². The van der Waals surface area contributed by atoms with Gasteiger partial charge in [0.05, 0.1) is 17.2 Å². The topological polar surface area (TPSA) is 52.6 Å². The van der Waals surface area contributed by atoms with Crippen molar-refractivity contribution < 1.29 is 23.5 Å². The van der Waals surface area contributed by atoms with E-state index in [-0.39, 0.29) is 23.0 Å². The van der Waals surface area contributed by atoms with Crippen LogP contribution in [0.5, 0.6) is 5.75 Å². The van der Waals surface area contributed by atoms with Gasteiger partial charge in [0, 0.05) is 0 Å². The van der Waals surface area contributed by atoms with Crippen molar-refractivity contribution in [3.8, 4) is 5.75 Å². The van der Waals surface area contributed by atoms with E-state index in [2.05, 4.69) is 0 Å². The molecule has 2 aromatic carbocycles. The zero-order valence-corrected chi connectivity index (χ0v) is 12.2. The van der Waals surface area contributed by atoms with Gasteiger partial charge < -0.3 is 9.47 Å². The van der Waals surface area contributed by atoms with Crippen molar-refractivity contribution in [3.63, 3.8) is 0 Å². The lowest BCUT2D eigenvalue weighted by Gasteiger charge is -2.09. The highest BCUT2D eigenvalue weighted by Crippen LogP contribution is 2.17. The number of carbonyl (C=O) groups is 2. The highest BCUT2D eigenvalue weighted by Gasteiger charge is 2.15. The molecule has 0 saturated carbocycles. The average Bonchev–Trinajstić information content (AvgIpc) is 2.47. The third kappa shape index (κ3) is 3.91. The quantitative estimate of drug-likeness (QED) is 0.639. The monoisotopic (exact) mass is 302 g/mol. The molecule has 0 bridgehead atoms. The first-order valence-corrected chi connectivity index (χ1v) is 6.75. The minimum Gasteiger partial charge on any atom is -0.459 e. The molecular weight excluding hydrogens is 287 g/mol. The fraction of sp³-hybridized carbons (Fsp3) is 0.176. The van der Waals surface area contributed by atoms with E-state index in [1.54, 1.807) is 26.0 Å². The van der Waals surface area contributed by atoms with E-state index < -0.39 is 17.8 Å². The van der Waals surface area contributed by atoms with Crippen LogP contribution in [0.4, 0.5) is 4.39 Å². The summed E-state index contributed by atoms with van der Waals surface area (Å²) in [5, 5.41) is 0. The van der Waals surface area contributed by atoms with Gasteiger partial charge in [-0.25, -0.2) is 14.0 Å². The maximum Gasteiger partial charge on any atom is 0.346 e. The van der Waals surface area contributed by atoms with Crippen LogP contribution in [-0.4, -0.2) is 18.0 Å². The molecule has 22 heavy (non-hydrogen) atoms. The lowest BCUT2D eigenvalue weighted by atomic mass is 10.2. The Morgan fingerprint density at radius 2 is 1.73 bits per heavy atom. The van der Waals surface area contributed by atoms with E-state index in [0.717, 1.165) is 0 Å². The van der Waals surface area contributed by atoms with Crippen LogP contribution in [0.25, 0.3) is 0 Å². The first kappa shape index (κ1) is 15.7. The summed E-state index contributed by atoms with van der Waals surface area (Å²) in [5.41, 5.74) is 0.0881. The summed E-state index contributed by atoms with van der Waals surface area (Å²) in [5.74, 6) is -1.86. The third-order valence-corrected chi connectivity index (χ3v) is 2.72. The predicted molar refractivity (Wildman–Crippen MR) is 78.4 cm³/mol. The molecule has 0 fully saturated rings. The Morgan fingerprint density at radius 3 is 2.41 bits per heavy atom. The molecule has 0 unspecified atom stereocenters. The van der Waals surface area contributed by atoms with Crippen molar-refractivity contribution in [1.29, 1.82) is 0 Å². The fourth-order valence-electron chi connectivity index (χ4n) is 1.76. The summed E-state index contributed by atoms with van der Waals surface area (Å²) in [4.78, 5) is 23.7. The maximum atomic E-state index is 13.5. The van der Waals surface area contributed by atoms with Crippen LogP contribution >= 0.6 is 0 Å². The zero-order chi connectivity index (χ0) is 16.1. The van der Waals surface area contributed by atoms with E-state index in [0.29, 0.717) is 0 Å². The first-order chi connectivity index (χ1) is 10.5. The van der Waals surface area contributed by atoms with Gasteiger partial charge in [0.2, 0.25) is 0 Å². The largest absolute Gasteiger partial charge is 0.459 e. The zero-order valence-electron chi connectivity index (χ0n) is 12.2. The first-order valence-electron chi connectivity index (χ1n) is 6.75. The molecule has 0 radical (unpaired) electrons. The summed E-state index contributed by atoms with van der Waals surface area (Å²) in [6.45, 7) is 3.47. The number of esters is 2. The van der Waals surface area contributed by atoms with Crippen LogP contribution in [0.2, 0.25) is 0 Å². The molecule has 0 aromatic heterocycles. The van der Waals surface area contributed by atoms with Crippen molar-refractivity contribution in [2.75, 3.05) is 0 Å². The Bertz CT molecular complexity index is 695. The minimum atomic E-state index is -0.826. The highest BCUT2D eigenvalue weighted by molar-refractivity contribution is 5.92. The molecule has 0 aliphatic rings. The second kappa shape index (κ2) is 6.85. The van der Waals surface area contributed by atoms with Gasteiger partial charge in [0.25, 0.3) is 0 Å². The van der Waals surface area contributed by atoms with Crippen LogP contribution in [0.15, 0.2) is 48.5 Å². The van der Waals surface area contributed by atoms with Crippen LogP contribution in [0.1, 0.15) is 34.6 Å². The SMILES string of the molecule is CC(C)OC(=O)c1cccc(OC(=O)c2ccccc2F)c1. The predicted octanol–water partition coefficient (Wildman–Crippen LogP) is 3.61. The summed E-state index contributed by atoms with van der Waals surface area (Å²) < 4.78 is 23.7. The molecule has 0 saturated heterocycles. The molecule has 0 atom stereocenters. The fourth-order valence-corrected chi connectivity index (χ4v) is 1.76. The maximum absolute atomic E-state index is 13.5. The Labute approximate surface area is 127 Å². The molecular formula is C17H15FO4. The van der Waals surface area contributed by atoms with E-state index >= 15 is 0 Å². The Kier molecular flexibility index (Phi) is 4.88. The molecule has 114 valence electrons. The third-order valence-electron chi connectivity index (χ3n) is 2.72. The van der Waals surface area contributed by atoms with Crippen molar-refractivity contribution in [1.82, 2.24) is 0 Å². The van der Waals surface area contributed by atoms with Gasteiger partial charge in [-0.2, -0.15) is 0 Å². The average molecular weight is 302 g/mol. The van der Waals surface area contributed by atoms with Gasteiger partial charge in [-0.15, -0.1) is 0 Å². The van der Waals surface area contributed by atoms with Gasteiger partial charge >= 0.3 is 11.9 Å². The smallest absolute Gasteiger partial charge is 0.346 e. The number of hydrogen-bond acceptors (Lipinski definition) is 4. The molecule has 2 rings (SSSR count). The van der Waals surface area contributed by atoms with Crippen LogP contribution in [-0.2, 0) is 4.74 Å². The van der Waals surface area contributed by atoms with E-state index in [9.17, 15) is 14.0 Å². The second-order valence-corrected chi connectivity index (χ2v) is 4.85. The number of hydrogen-bond donors (Lipinski definition) is 0. The normalized spacial score (nSPS) is 10.4. The summed E-state index contributed by atoms with van der Waals surface area (Å²) in [6, 6.07) is 11.5. The Morgan fingerprint density at radius 1 is 1.00 bits per heavy atom. The van der Waals surface area contributed by atoms with Crippen LogP contribution < -0.4 is 4.74 Å². The molecule has 0 amide bonds. The molecule has 4 nitrogen and oxygen atoms in total. The molecule has 0 aliphatic heterocycles. The van der Waals surface area contributed by atoms with E-state index in [1.807, 2.05) is 0 Å². The van der Waals surface area contributed by atoms with E-state index in [4.69, 9.17) is 9.47 Å². The number of benzene rings is 2. The lowest BCUT2D eigenvalue weighted by Crippen LogP contribution is -2.13. The highest BCUT2D eigenvalue weighted by atomic mass is 19.1.